The number of pyridine rings is 1. The van der Waals surface area contributed by atoms with Gasteiger partial charge in [-0.1, -0.05) is 0 Å². The number of anilines is 1. The normalized spacial score (nSPS) is 10.2. The lowest BCUT2D eigenvalue weighted by molar-refractivity contribution is 0.0522. The molecular weight excluding hydrogens is 250 g/mol. The molecule has 0 aliphatic heterocycles. The minimum Gasteiger partial charge on any atom is -0.462 e. The quantitative estimate of drug-likeness (QED) is 0.812. The Hall–Kier alpha value is -2.64. The van der Waals surface area contributed by atoms with E-state index in [1.807, 2.05) is 0 Å². The highest BCUT2D eigenvalue weighted by molar-refractivity contribution is 5.92. The van der Waals surface area contributed by atoms with E-state index in [0.717, 1.165) is 0 Å². The highest BCUT2D eigenvalue weighted by Crippen LogP contribution is 2.22. The summed E-state index contributed by atoms with van der Waals surface area (Å²) in [4.78, 5) is 19.6. The van der Waals surface area contributed by atoms with Crippen LogP contribution in [-0.4, -0.2) is 32.3 Å². The largest absolute Gasteiger partial charge is 0.462 e. The van der Waals surface area contributed by atoms with Gasteiger partial charge >= 0.3 is 12.0 Å². The fourth-order valence-electron chi connectivity index (χ4n) is 1.36. The lowest BCUT2D eigenvalue weighted by Crippen LogP contribution is -2.08. The lowest BCUT2D eigenvalue weighted by atomic mass is 10.2. The summed E-state index contributed by atoms with van der Waals surface area (Å²) >= 11 is 0. The summed E-state index contributed by atoms with van der Waals surface area (Å²) in [6, 6.07) is 1.52. The van der Waals surface area contributed by atoms with E-state index in [1.165, 1.54) is 23.3 Å². The minimum absolute atomic E-state index is 0.0545. The number of carbonyl (C=O) groups excluding carboxylic acids is 1. The van der Waals surface area contributed by atoms with E-state index >= 15 is 0 Å². The van der Waals surface area contributed by atoms with Gasteiger partial charge in [-0.2, -0.15) is 4.98 Å². The second-order valence-electron chi connectivity index (χ2n) is 3.64. The number of nitrogens with two attached hydrogens (primary N) is 1. The second-order valence-corrected chi connectivity index (χ2v) is 3.64. The molecule has 8 nitrogen and oxygen atoms in total. The minimum atomic E-state index is -0.562. The molecule has 100 valence electrons. The van der Waals surface area contributed by atoms with Crippen molar-refractivity contribution in [1.29, 1.82) is 0 Å². The van der Waals surface area contributed by atoms with Gasteiger partial charge < -0.3 is 15.2 Å². The number of carbonyl (C=O) groups is 1. The molecule has 0 unspecified atom stereocenters. The molecule has 2 heterocycles. The van der Waals surface area contributed by atoms with Crippen molar-refractivity contribution in [2.24, 2.45) is 7.05 Å². The van der Waals surface area contributed by atoms with Crippen LogP contribution < -0.4 is 10.5 Å². The number of rotatable bonds is 4. The molecule has 0 saturated carbocycles. The molecular formula is C11H13N5O3. The Kier molecular flexibility index (Phi) is 3.60. The van der Waals surface area contributed by atoms with Crippen molar-refractivity contribution < 1.29 is 14.3 Å². The first kappa shape index (κ1) is 12.8. The molecule has 0 fully saturated rings. The molecule has 0 atom stereocenters. The van der Waals surface area contributed by atoms with Crippen LogP contribution in [0.2, 0.25) is 0 Å². The average Bonchev–Trinajstić information content (AvgIpc) is 2.77. The van der Waals surface area contributed by atoms with Crippen LogP contribution in [0, 0.1) is 0 Å². The monoisotopic (exact) mass is 263 g/mol. The number of nitrogen functional groups attached to an aromatic ring is 1. The third kappa shape index (κ3) is 2.97. The van der Waals surface area contributed by atoms with Gasteiger partial charge in [0.05, 0.1) is 18.5 Å². The van der Waals surface area contributed by atoms with Crippen LogP contribution >= 0.6 is 0 Å². The predicted molar refractivity (Wildman–Crippen MR) is 65.7 cm³/mol. The van der Waals surface area contributed by atoms with Gasteiger partial charge in [-0.05, 0) is 13.0 Å². The van der Waals surface area contributed by atoms with Gasteiger partial charge in [-0.3, -0.25) is 4.68 Å². The predicted octanol–water partition coefficient (Wildman–Crippen LogP) is 0.761. The van der Waals surface area contributed by atoms with Gasteiger partial charge in [0.25, 0.3) is 0 Å². The smallest absolute Gasteiger partial charge is 0.343 e. The zero-order valence-electron chi connectivity index (χ0n) is 10.5. The maximum absolute atomic E-state index is 11.8. The molecule has 0 radical (unpaired) electrons. The van der Waals surface area contributed by atoms with Crippen LogP contribution in [0.15, 0.2) is 18.6 Å². The molecule has 2 N–H and O–H groups in total. The number of aromatic nitrogens is 4. The summed E-state index contributed by atoms with van der Waals surface area (Å²) in [6.45, 7) is 1.95. The Labute approximate surface area is 109 Å². The molecule has 0 saturated heterocycles. The molecule has 0 bridgehead atoms. The topological polar surface area (TPSA) is 105 Å². The third-order valence-electron chi connectivity index (χ3n) is 2.13. The number of nitrogens with zero attached hydrogens (tertiary/aromatic N) is 4. The summed E-state index contributed by atoms with van der Waals surface area (Å²) in [5.74, 6) is -0.507. The Morgan fingerprint density at radius 1 is 1.47 bits per heavy atom. The van der Waals surface area contributed by atoms with E-state index in [9.17, 15) is 4.79 Å². The first-order valence-corrected chi connectivity index (χ1v) is 5.56. The van der Waals surface area contributed by atoms with Gasteiger partial charge in [0.2, 0.25) is 5.88 Å². The van der Waals surface area contributed by atoms with Crippen molar-refractivity contribution in [2.45, 2.75) is 6.92 Å². The molecule has 19 heavy (non-hydrogen) atoms. The van der Waals surface area contributed by atoms with Gasteiger partial charge in [-0.25, -0.2) is 9.78 Å². The van der Waals surface area contributed by atoms with E-state index in [1.54, 1.807) is 14.0 Å². The van der Waals surface area contributed by atoms with Crippen LogP contribution in [0.4, 0.5) is 5.69 Å². The highest BCUT2D eigenvalue weighted by atomic mass is 16.5. The Bertz CT molecular complexity index is 596. The van der Waals surface area contributed by atoms with E-state index in [-0.39, 0.29) is 24.1 Å². The van der Waals surface area contributed by atoms with E-state index in [2.05, 4.69) is 15.1 Å². The fourth-order valence-corrected chi connectivity index (χ4v) is 1.36. The Morgan fingerprint density at radius 2 is 2.26 bits per heavy atom. The molecule has 0 aromatic carbocycles. The van der Waals surface area contributed by atoms with Gasteiger partial charge in [0.15, 0.2) is 0 Å². The summed E-state index contributed by atoms with van der Waals surface area (Å²) < 4.78 is 11.7. The van der Waals surface area contributed by atoms with Gasteiger partial charge in [-0.15, -0.1) is 5.10 Å². The molecule has 0 aliphatic carbocycles. The van der Waals surface area contributed by atoms with Crippen molar-refractivity contribution in [3.8, 4) is 11.9 Å². The molecule has 0 spiro atoms. The molecule has 2 aromatic heterocycles. The number of aryl methyl sites for hydroxylation is 1. The summed E-state index contributed by atoms with van der Waals surface area (Å²) in [5.41, 5.74) is 6.07. The van der Waals surface area contributed by atoms with Gasteiger partial charge in [0.1, 0.15) is 11.9 Å². The van der Waals surface area contributed by atoms with Crippen LogP contribution in [0.5, 0.6) is 11.9 Å². The van der Waals surface area contributed by atoms with Crippen molar-refractivity contribution in [3.05, 3.63) is 24.2 Å². The fraction of sp³-hybridized carbons (Fsp3) is 0.273. The molecule has 0 aliphatic rings. The standard InChI is InChI=1S/C11H13N5O3/c1-3-18-10(17)8-4-7(12)5-13-9(8)19-11-14-6-16(2)15-11/h4-6H,3,12H2,1-2H3. The maximum atomic E-state index is 11.8. The first-order valence-electron chi connectivity index (χ1n) is 5.56. The maximum Gasteiger partial charge on any atom is 0.343 e. The summed E-state index contributed by atoms with van der Waals surface area (Å²) in [5, 5.41) is 3.93. The SMILES string of the molecule is CCOC(=O)c1cc(N)cnc1Oc1ncn(C)n1. The molecule has 0 amide bonds. The van der Waals surface area contributed by atoms with E-state index < -0.39 is 5.97 Å². The summed E-state index contributed by atoms with van der Waals surface area (Å²) in [7, 11) is 1.70. The number of ether oxygens (including phenoxy) is 2. The van der Waals surface area contributed by atoms with Crippen LogP contribution in [0.3, 0.4) is 0 Å². The number of hydrogen-bond acceptors (Lipinski definition) is 7. The number of hydrogen-bond donors (Lipinski definition) is 1. The zero-order chi connectivity index (χ0) is 13.8. The Morgan fingerprint density at radius 3 is 2.89 bits per heavy atom. The van der Waals surface area contributed by atoms with Crippen LogP contribution in [0.25, 0.3) is 0 Å². The second kappa shape index (κ2) is 5.34. The van der Waals surface area contributed by atoms with Crippen molar-refractivity contribution in [2.75, 3.05) is 12.3 Å². The first-order chi connectivity index (χ1) is 9.10. The van der Waals surface area contributed by atoms with E-state index in [0.29, 0.717) is 5.69 Å². The van der Waals surface area contributed by atoms with Crippen molar-refractivity contribution >= 4 is 11.7 Å². The number of esters is 1. The van der Waals surface area contributed by atoms with Crippen LogP contribution in [0.1, 0.15) is 17.3 Å². The van der Waals surface area contributed by atoms with Crippen LogP contribution in [-0.2, 0) is 11.8 Å². The summed E-state index contributed by atoms with van der Waals surface area (Å²) in [6.07, 6.45) is 2.84. The third-order valence-corrected chi connectivity index (χ3v) is 2.13. The van der Waals surface area contributed by atoms with Crippen molar-refractivity contribution in [3.63, 3.8) is 0 Å². The lowest BCUT2D eigenvalue weighted by Gasteiger charge is -2.07. The van der Waals surface area contributed by atoms with E-state index in [4.69, 9.17) is 15.2 Å². The highest BCUT2D eigenvalue weighted by Gasteiger charge is 2.17. The molecule has 2 aromatic rings. The van der Waals surface area contributed by atoms with Gasteiger partial charge in [0, 0.05) is 7.05 Å². The average molecular weight is 263 g/mol. The Balaban J connectivity index is 2.31. The molecule has 8 heteroatoms. The molecule has 2 rings (SSSR count). The van der Waals surface area contributed by atoms with Crippen molar-refractivity contribution in [1.82, 2.24) is 19.7 Å². The zero-order valence-corrected chi connectivity index (χ0v) is 10.5.